The van der Waals surface area contributed by atoms with Crippen LogP contribution in [0.5, 0.6) is 5.75 Å². The largest absolute Gasteiger partial charge is 0.481 e. The Hall–Kier alpha value is -2.88. The van der Waals surface area contributed by atoms with Crippen LogP contribution in [0.4, 0.5) is 0 Å². The number of benzene rings is 1. The second-order valence-electron chi connectivity index (χ2n) is 4.05. The van der Waals surface area contributed by atoms with Gasteiger partial charge in [-0.1, -0.05) is 0 Å². The minimum absolute atomic E-state index is 0.259. The molecule has 1 amide bonds. The maximum absolute atomic E-state index is 11.8. The number of hydrogen-bond donors (Lipinski definition) is 2. The third-order valence-electron chi connectivity index (χ3n) is 2.56. The Bertz CT molecular complexity index is 601. The van der Waals surface area contributed by atoms with Crippen molar-refractivity contribution in [3.8, 4) is 11.8 Å². The van der Waals surface area contributed by atoms with Gasteiger partial charge in [0, 0.05) is 0 Å². The molecule has 20 heavy (non-hydrogen) atoms. The van der Waals surface area contributed by atoms with E-state index in [4.69, 9.17) is 10.00 Å². The van der Waals surface area contributed by atoms with Gasteiger partial charge in [-0.3, -0.25) is 9.89 Å². The molecule has 102 valence electrons. The third kappa shape index (κ3) is 3.55. The summed E-state index contributed by atoms with van der Waals surface area (Å²) in [6, 6.07) is 8.58. The Balaban J connectivity index is 1.85. The average Bonchev–Trinajstić information content (AvgIpc) is 2.98. The summed E-state index contributed by atoms with van der Waals surface area (Å²) in [7, 11) is 0. The van der Waals surface area contributed by atoms with E-state index in [1.807, 2.05) is 6.07 Å². The van der Waals surface area contributed by atoms with Crippen molar-refractivity contribution in [3.05, 3.63) is 42.0 Å². The lowest BCUT2D eigenvalue weighted by Crippen LogP contribution is -2.36. The van der Waals surface area contributed by atoms with Crippen LogP contribution < -0.4 is 10.1 Å². The molecule has 2 rings (SSSR count). The monoisotopic (exact) mass is 271 g/mol. The van der Waals surface area contributed by atoms with Crippen LogP contribution in [0.3, 0.4) is 0 Å². The maximum atomic E-state index is 11.8. The highest BCUT2D eigenvalue weighted by molar-refractivity contribution is 5.80. The van der Waals surface area contributed by atoms with Crippen LogP contribution >= 0.6 is 0 Å². The summed E-state index contributed by atoms with van der Waals surface area (Å²) < 4.78 is 5.48. The smallest absolute Gasteiger partial charge is 0.261 e. The van der Waals surface area contributed by atoms with Crippen molar-refractivity contribution in [1.29, 1.82) is 5.26 Å². The van der Waals surface area contributed by atoms with Gasteiger partial charge in [-0.15, -0.1) is 0 Å². The molecule has 0 saturated heterocycles. The van der Waals surface area contributed by atoms with E-state index in [0.29, 0.717) is 17.1 Å². The van der Waals surface area contributed by atoms with Gasteiger partial charge in [0.25, 0.3) is 5.91 Å². The Labute approximate surface area is 115 Å². The summed E-state index contributed by atoms with van der Waals surface area (Å²) >= 11 is 0. The molecule has 7 nitrogen and oxygen atoms in total. The Morgan fingerprint density at radius 2 is 2.25 bits per heavy atom. The summed E-state index contributed by atoms with van der Waals surface area (Å²) in [4.78, 5) is 15.7. The first-order chi connectivity index (χ1) is 9.69. The van der Waals surface area contributed by atoms with E-state index in [1.165, 1.54) is 6.33 Å². The molecule has 0 saturated carbocycles. The van der Waals surface area contributed by atoms with Gasteiger partial charge in [0.2, 0.25) is 0 Å². The Kier molecular flexibility index (Phi) is 4.29. The molecular weight excluding hydrogens is 258 g/mol. The van der Waals surface area contributed by atoms with Crippen molar-refractivity contribution in [3.63, 3.8) is 0 Å². The van der Waals surface area contributed by atoms with Gasteiger partial charge in [0.1, 0.15) is 17.9 Å². The quantitative estimate of drug-likeness (QED) is 0.835. The second-order valence-corrected chi connectivity index (χ2v) is 4.05. The van der Waals surface area contributed by atoms with Gasteiger partial charge < -0.3 is 10.1 Å². The first-order valence-corrected chi connectivity index (χ1v) is 5.98. The fraction of sp³-hybridized carbons (Fsp3) is 0.231. The van der Waals surface area contributed by atoms with Gasteiger partial charge in [0.15, 0.2) is 6.10 Å². The van der Waals surface area contributed by atoms with Gasteiger partial charge in [-0.25, -0.2) is 4.98 Å². The summed E-state index contributed by atoms with van der Waals surface area (Å²) in [5.41, 5.74) is 0.541. The molecule has 2 N–H and O–H groups in total. The lowest BCUT2D eigenvalue weighted by atomic mass is 10.2. The molecule has 0 bridgehead atoms. The molecule has 0 fully saturated rings. The zero-order valence-corrected chi connectivity index (χ0v) is 10.8. The lowest BCUT2D eigenvalue weighted by Gasteiger charge is -2.14. The SMILES string of the molecule is CC(Oc1ccc(C#N)cc1)C(=O)NCc1ncn[nH]1. The molecular formula is C13H13N5O2. The van der Waals surface area contributed by atoms with Crippen LogP contribution in [0, 0.1) is 11.3 Å². The highest BCUT2D eigenvalue weighted by Gasteiger charge is 2.14. The van der Waals surface area contributed by atoms with Gasteiger partial charge in [-0.2, -0.15) is 10.4 Å². The number of hydrogen-bond acceptors (Lipinski definition) is 5. The molecule has 1 unspecified atom stereocenters. The molecule has 0 aliphatic heterocycles. The maximum Gasteiger partial charge on any atom is 0.261 e. The van der Waals surface area contributed by atoms with Crippen LogP contribution in [0.1, 0.15) is 18.3 Å². The first kappa shape index (κ1) is 13.5. The van der Waals surface area contributed by atoms with Crippen LogP contribution in [0.2, 0.25) is 0 Å². The van der Waals surface area contributed by atoms with Gasteiger partial charge in [0.05, 0.1) is 18.2 Å². The lowest BCUT2D eigenvalue weighted by molar-refractivity contribution is -0.127. The van der Waals surface area contributed by atoms with Gasteiger partial charge >= 0.3 is 0 Å². The number of carbonyl (C=O) groups is 1. The summed E-state index contributed by atoms with van der Waals surface area (Å²) in [6.07, 6.45) is 0.726. The van der Waals surface area contributed by atoms with Crippen molar-refractivity contribution in [2.24, 2.45) is 0 Å². The molecule has 7 heteroatoms. The zero-order chi connectivity index (χ0) is 14.4. The summed E-state index contributed by atoms with van der Waals surface area (Å²) in [6.45, 7) is 1.91. The van der Waals surface area contributed by atoms with Crippen molar-refractivity contribution >= 4 is 5.91 Å². The Morgan fingerprint density at radius 1 is 1.50 bits per heavy atom. The number of aromatic nitrogens is 3. The molecule has 0 aliphatic carbocycles. The molecule has 1 heterocycles. The van der Waals surface area contributed by atoms with Crippen LogP contribution in [-0.2, 0) is 11.3 Å². The second kappa shape index (κ2) is 6.33. The standard InChI is InChI=1S/C13H13N5O2/c1-9(13(19)15-7-12-16-8-17-18-12)20-11-4-2-10(6-14)3-5-11/h2-5,8-9H,7H2,1H3,(H,15,19)(H,16,17,18). The van der Waals surface area contributed by atoms with E-state index in [9.17, 15) is 4.79 Å². The normalized spacial score (nSPS) is 11.4. The number of aromatic amines is 1. The highest BCUT2D eigenvalue weighted by Crippen LogP contribution is 2.13. The topological polar surface area (TPSA) is 104 Å². The number of H-pyrrole nitrogens is 1. The number of carbonyl (C=O) groups excluding carboxylic acids is 1. The number of nitrogens with one attached hydrogen (secondary N) is 2. The predicted molar refractivity (Wildman–Crippen MR) is 69.5 cm³/mol. The fourth-order valence-electron chi connectivity index (χ4n) is 1.50. The minimum atomic E-state index is -0.647. The van der Waals surface area contributed by atoms with Crippen LogP contribution in [0.25, 0.3) is 0 Å². The van der Waals surface area contributed by atoms with Crippen molar-refractivity contribution < 1.29 is 9.53 Å². The predicted octanol–water partition coefficient (Wildman–Crippen LogP) is 0.760. The van der Waals surface area contributed by atoms with Crippen molar-refractivity contribution in [2.45, 2.75) is 19.6 Å². The number of nitrogens with zero attached hydrogens (tertiary/aromatic N) is 3. The van der Waals surface area contributed by atoms with E-state index in [-0.39, 0.29) is 12.5 Å². The Morgan fingerprint density at radius 3 is 2.85 bits per heavy atom. The van der Waals surface area contributed by atoms with Crippen LogP contribution in [0.15, 0.2) is 30.6 Å². The van der Waals surface area contributed by atoms with E-state index < -0.39 is 6.10 Å². The number of nitriles is 1. The highest BCUT2D eigenvalue weighted by atomic mass is 16.5. The first-order valence-electron chi connectivity index (χ1n) is 5.98. The molecule has 0 spiro atoms. The molecule has 1 aromatic heterocycles. The average molecular weight is 271 g/mol. The molecule has 2 aromatic rings. The van der Waals surface area contributed by atoms with Crippen molar-refractivity contribution in [1.82, 2.24) is 20.5 Å². The summed E-state index contributed by atoms with van der Waals surface area (Å²) in [5, 5.41) is 17.7. The third-order valence-corrected chi connectivity index (χ3v) is 2.56. The van der Waals surface area contributed by atoms with Crippen molar-refractivity contribution in [2.75, 3.05) is 0 Å². The van der Waals surface area contributed by atoms with E-state index in [2.05, 4.69) is 20.5 Å². The van der Waals surface area contributed by atoms with E-state index >= 15 is 0 Å². The number of amides is 1. The molecule has 0 aliphatic rings. The number of ether oxygens (including phenoxy) is 1. The molecule has 0 radical (unpaired) electrons. The summed E-state index contributed by atoms with van der Waals surface area (Å²) in [5.74, 6) is 0.848. The van der Waals surface area contributed by atoms with Gasteiger partial charge in [-0.05, 0) is 31.2 Å². The molecule has 1 aromatic carbocycles. The number of rotatable bonds is 5. The van der Waals surface area contributed by atoms with E-state index in [1.54, 1.807) is 31.2 Å². The fourth-order valence-corrected chi connectivity index (χ4v) is 1.50. The molecule has 1 atom stereocenters. The van der Waals surface area contributed by atoms with E-state index in [0.717, 1.165) is 0 Å². The van der Waals surface area contributed by atoms with Crippen LogP contribution in [-0.4, -0.2) is 27.2 Å². The zero-order valence-electron chi connectivity index (χ0n) is 10.8. The minimum Gasteiger partial charge on any atom is -0.481 e.